The Morgan fingerprint density at radius 3 is 2.47 bits per heavy atom. The zero-order valence-electron chi connectivity index (χ0n) is 11.2. The second-order valence-electron chi connectivity index (χ2n) is 5.95. The second kappa shape index (κ2) is 4.22. The molecule has 1 aromatic carbocycles. The molecule has 0 bridgehead atoms. The minimum atomic E-state index is 0.289. The lowest BCUT2D eigenvalue weighted by molar-refractivity contribution is 0.664. The van der Waals surface area contributed by atoms with Crippen molar-refractivity contribution in [2.75, 3.05) is 0 Å². The van der Waals surface area contributed by atoms with Crippen LogP contribution in [0.15, 0.2) is 16.9 Å². The molecule has 0 unspecified atom stereocenters. The number of hydrogen-bond acceptors (Lipinski definition) is 1. The minimum absolute atomic E-state index is 0.289. The number of aromatic amines is 1. The molecule has 1 aromatic heterocycles. The van der Waals surface area contributed by atoms with E-state index in [1.165, 1.54) is 42.5 Å². The second-order valence-corrected chi connectivity index (χ2v) is 5.95. The molecule has 1 N–H and O–H groups in total. The number of hydrogen-bond donors (Lipinski definition) is 1. The molecule has 19 heavy (non-hydrogen) atoms. The first-order valence-corrected chi connectivity index (χ1v) is 7.53. The average molecular weight is 253 g/mol. The first-order chi connectivity index (χ1) is 9.34. The molecule has 98 valence electrons. The van der Waals surface area contributed by atoms with Crippen molar-refractivity contribution in [1.29, 1.82) is 0 Å². The van der Waals surface area contributed by atoms with Crippen LogP contribution in [0.1, 0.15) is 48.1 Å². The van der Waals surface area contributed by atoms with Crippen LogP contribution in [0.4, 0.5) is 0 Å². The third-order valence-electron chi connectivity index (χ3n) is 4.80. The lowest BCUT2D eigenvalue weighted by Crippen LogP contribution is -2.19. The molecule has 2 nitrogen and oxygen atoms in total. The molecule has 0 radical (unpaired) electrons. The number of H-pyrrole nitrogens is 1. The van der Waals surface area contributed by atoms with Gasteiger partial charge in [-0.3, -0.25) is 4.79 Å². The molecule has 0 amide bonds. The minimum Gasteiger partial charge on any atom is -0.358 e. The molecule has 2 heteroatoms. The van der Waals surface area contributed by atoms with Gasteiger partial charge >= 0.3 is 0 Å². The highest BCUT2D eigenvalue weighted by Gasteiger charge is 2.19. The summed E-state index contributed by atoms with van der Waals surface area (Å²) in [4.78, 5) is 16.3. The Morgan fingerprint density at radius 1 is 0.842 bits per heavy atom. The number of aryl methyl sites for hydroxylation is 3. The SMILES string of the molecule is O=c1c2c([nH]c3c4c(ccc13)CCCC4)CCCC2. The molecule has 2 aliphatic rings. The third kappa shape index (κ3) is 1.66. The van der Waals surface area contributed by atoms with Crippen LogP contribution >= 0.6 is 0 Å². The van der Waals surface area contributed by atoms with E-state index in [1.54, 1.807) is 0 Å². The lowest BCUT2D eigenvalue weighted by Gasteiger charge is -2.21. The molecule has 4 rings (SSSR count). The van der Waals surface area contributed by atoms with Gasteiger partial charge in [0.1, 0.15) is 0 Å². The van der Waals surface area contributed by atoms with Crippen molar-refractivity contribution in [1.82, 2.24) is 4.98 Å². The van der Waals surface area contributed by atoms with Crippen molar-refractivity contribution in [2.45, 2.75) is 51.4 Å². The monoisotopic (exact) mass is 253 g/mol. The van der Waals surface area contributed by atoms with Gasteiger partial charge in [-0.05, 0) is 68.6 Å². The van der Waals surface area contributed by atoms with E-state index in [4.69, 9.17) is 0 Å². The van der Waals surface area contributed by atoms with E-state index in [-0.39, 0.29) is 5.43 Å². The number of pyridine rings is 1. The van der Waals surface area contributed by atoms with Crippen molar-refractivity contribution in [2.24, 2.45) is 0 Å². The summed E-state index contributed by atoms with van der Waals surface area (Å²) in [6.07, 6.45) is 9.21. The van der Waals surface area contributed by atoms with Crippen LogP contribution in [0.25, 0.3) is 10.9 Å². The van der Waals surface area contributed by atoms with Gasteiger partial charge in [-0.2, -0.15) is 0 Å². The van der Waals surface area contributed by atoms with Crippen molar-refractivity contribution in [3.63, 3.8) is 0 Å². The maximum absolute atomic E-state index is 12.6. The molecule has 0 fully saturated rings. The van der Waals surface area contributed by atoms with Gasteiger partial charge in [-0.25, -0.2) is 0 Å². The summed E-state index contributed by atoms with van der Waals surface area (Å²) in [7, 11) is 0. The van der Waals surface area contributed by atoms with Crippen LogP contribution in [0.5, 0.6) is 0 Å². The quantitative estimate of drug-likeness (QED) is 0.768. The maximum Gasteiger partial charge on any atom is 0.192 e. The first-order valence-electron chi connectivity index (χ1n) is 7.53. The molecule has 0 aliphatic heterocycles. The summed E-state index contributed by atoms with van der Waals surface area (Å²) in [5.74, 6) is 0. The summed E-state index contributed by atoms with van der Waals surface area (Å²) in [6, 6.07) is 4.23. The molecule has 0 saturated heterocycles. The van der Waals surface area contributed by atoms with Crippen LogP contribution in [0, 0.1) is 0 Å². The van der Waals surface area contributed by atoms with E-state index < -0.39 is 0 Å². The Hall–Kier alpha value is -1.57. The highest BCUT2D eigenvalue weighted by atomic mass is 16.1. The summed E-state index contributed by atoms with van der Waals surface area (Å²) >= 11 is 0. The third-order valence-corrected chi connectivity index (χ3v) is 4.80. The fourth-order valence-corrected chi connectivity index (χ4v) is 3.77. The van der Waals surface area contributed by atoms with Crippen LogP contribution in [-0.2, 0) is 25.7 Å². The van der Waals surface area contributed by atoms with Crippen LogP contribution in [0.3, 0.4) is 0 Å². The van der Waals surface area contributed by atoms with Crippen molar-refractivity contribution in [3.05, 3.63) is 44.7 Å². The standard InChI is InChI=1S/C17H19NO/c19-17-13-7-3-4-8-15(13)18-16-12-6-2-1-5-11(12)9-10-14(16)17/h9-10H,1-8H2,(H,18,19). The summed E-state index contributed by atoms with van der Waals surface area (Å²) in [5.41, 5.74) is 6.55. The van der Waals surface area contributed by atoms with Gasteiger partial charge in [0.05, 0.1) is 5.52 Å². The molecule has 0 atom stereocenters. The van der Waals surface area contributed by atoms with E-state index in [9.17, 15) is 4.79 Å². The predicted octanol–water partition coefficient (Wildman–Crippen LogP) is 3.29. The molecule has 2 aromatic rings. The zero-order valence-corrected chi connectivity index (χ0v) is 11.2. The Bertz CT molecular complexity index is 711. The molecule has 2 aliphatic carbocycles. The van der Waals surface area contributed by atoms with Crippen molar-refractivity contribution >= 4 is 10.9 Å². The van der Waals surface area contributed by atoms with Crippen molar-refractivity contribution < 1.29 is 0 Å². The van der Waals surface area contributed by atoms with E-state index in [1.807, 2.05) is 6.07 Å². The summed E-state index contributed by atoms with van der Waals surface area (Å²) in [5, 5.41) is 0.918. The Kier molecular flexibility index (Phi) is 2.51. The maximum atomic E-state index is 12.6. The van der Waals surface area contributed by atoms with E-state index in [0.29, 0.717) is 0 Å². The van der Waals surface area contributed by atoms with Gasteiger partial charge in [0.2, 0.25) is 0 Å². The first kappa shape index (κ1) is 11.3. The molecule has 1 heterocycles. The Morgan fingerprint density at radius 2 is 1.58 bits per heavy atom. The molecule has 0 saturated carbocycles. The number of nitrogens with one attached hydrogen (secondary N) is 1. The Balaban J connectivity index is 2.07. The highest BCUT2D eigenvalue weighted by Crippen LogP contribution is 2.28. The molecular formula is C17H19NO. The summed E-state index contributed by atoms with van der Waals surface area (Å²) in [6.45, 7) is 0. The number of rotatable bonds is 0. The Labute approximate surface area is 112 Å². The topological polar surface area (TPSA) is 32.9 Å². The fourth-order valence-electron chi connectivity index (χ4n) is 3.77. The van der Waals surface area contributed by atoms with Gasteiger partial charge in [-0.15, -0.1) is 0 Å². The zero-order chi connectivity index (χ0) is 12.8. The highest BCUT2D eigenvalue weighted by molar-refractivity contribution is 5.84. The smallest absolute Gasteiger partial charge is 0.192 e. The van der Waals surface area contributed by atoms with Gasteiger partial charge in [0.15, 0.2) is 5.43 Å². The number of fused-ring (bicyclic) bond motifs is 4. The fraction of sp³-hybridized carbons (Fsp3) is 0.471. The van der Waals surface area contributed by atoms with Gasteiger partial charge in [-0.1, -0.05) is 6.07 Å². The predicted molar refractivity (Wildman–Crippen MR) is 77.9 cm³/mol. The number of benzene rings is 1. The van der Waals surface area contributed by atoms with Gasteiger partial charge in [0, 0.05) is 16.6 Å². The number of aromatic nitrogens is 1. The van der Waals surface area contributed by atoms with E-state index in [2.05, 4.69) is 11.1 Å². The van der Waals surface area contributed by atoms with E-state index >= 15 is 0 Å². The van der Waals surface area contributed by atoms with Gasteiger partial charge < -0.3 is 4.98 Å². The van der Waals surface area contributed by atoms with Crippen molar-refractivity contribution in [3.8, 4) is 0 Å². The molecular weight excluding hydrogens is 234 g/mol. The molecule has 0 spiro atoms. The lowest BCUT2D eigenvalue weighted by atomic mass is 9.88. The van der Waals surface area contributed by atoms with Crippen LogP contribution in [0.2, 0.25) is 0 Å². The van der Waals surface area contributed by atoms with E-state index in [0.717, 1.165) is 42.1 Å². The average Bonchev–Trinajstić information content (AvgIpc) is 2.47. The van der Waals surface area contributed by atoms with Gasteiger partial charge in [0.25, 0.3) is 0 Å². The summed E-state index contributed by atoms with van der Waals surface area (Å²) < 4.78 is 0. The largest absolute Gasteiger partial charge is 0.358 e. The normalized spacial score (nSPS) is 18.1. The van der Waals surface area contributed by atoms with Crippen LogP contribution in [-0.4, -0.2) is 4.98 Å². The van der Waals surface area contributed by atoms with Crippen LogP contribution < -0.4 is 5.43 Å².